The largest absolute Gasteiger partial charge is 0.351 e. The minimum Gasteiger partial charge on any atom is -0.351 e. The Morgan fingerprint density at radius 1 is 1.08 bits per heavy atom. The van der Waals surface area contributed by atoms with E-state index in [9.17, 15) is 13.2 Å². The summed E-state index contributed by atoms with van der Waals surface area (Å²) in [5, 5.41) is 2.91. The van der Waals surface area contributed by atoms with Gasteiger partial charge >= 0.3 is 0 Å². The Morgan fingerprint density at radius 2 is 1.77 bits per heavy atom. The molecule has 1 N–H and O–H groups in total. The highest BCUT2D eigenvalue weighted by molar-refractivity contribution is 7.91. The van der Waals surface area contributed by atoms with Gasteiger partial charge in [0, 0.05) is 12.0 Å². The zero-order chi connectivity index (χ0) is 19.4. The molecule has 26 heavy (non-hydrogen) atoms. The molecule has 0 aromatic heterocycles. The van der Waals surface area contributed by atoms with Gasteiger partial charge in [0.1, 0.15) is 0 Å². The summed E-state index contributed by atoms with van der Waals surface area (Å²) < 4.78 is 24.9. The molecular weight excluding hydrogens is 346 g/mol. The third-order valence-corrected chi connectivity index (χ3v) is 6.40. The number of sulfone groups is 1. The van der Waals surface area contributed by atoms with Crippen molar-refractivity contribution in [2.24, 2.45) is 0 Å². The monoisotopic (exact) mass is 373 g/mol. The number of carbonyl (C=O) groups is 1. The van der Waals surface area contributed by atoms with Gasteiger partial charge in [-0.15, -0.1) is 0 Å². The highest BCUT2D eigenvalue weighted by Gasteiger charge is 2.25. The molecule has 0 radical (unpaired) electrons. The lowest BCUT2D eigenvalue weighted by Crippen LogP contribution is -2.37. The van der Waals surface area contributed by atoms with Crippen LogP contribution in [0.1, 0.15) is 48.7 Å². The lowest BCUT2D eigenvalue weighted by Gasteiger charge is -2.26. The molecule has 0 saturated heterocycles. The van der Waals surface area contributed by atoms with Gasteiger partial charge in [0.15, 0.2) is 9.84 Å². The van der Waals surface area contributed by atoms with Gasteiger partial charge in [0.25, 0.3) is 5.91 Å². The number of aryl methyl sites for hydroxylation is 1. The molecule has 2 aromatic carbocycles. The van der Waals surface area contributed by atoms with Crippen molar-refractivity contribution in [3.63, 3.8) is 0 Å². The third-order valence-electron chi connectivity index (χ3n) is 4.43. The van der Waals surface area contributed by atoms with Gasteiger partial charge < -0.3 is 5.32 Å². The molecule has 0 aliphatic heterocycles. The minimum absolute atomic E-state index is 0.0338. The Bertz CT molecular complexity index is 886. The average Bonchev–Trinajstić information content (AvgIpc) is 2.60. The van der Waals surface area contributed by atoms with E-state index in [1.807, 2.05) is 32.0 Å². The maximum Gasteiger partial charge on any atom is 0.252 e. The van der Waals surface area contributed by atoms with Crippen molar-refractivity contribution < 1.29 is 13.2 Å². The lowest BCUT2D eigenvalue weighted by atomic mass is 9.84. The van der Waals surface area contributed by atoms with E-state index in [2.05, 4.69) is 25.2 Å². The van der Waals surface area contributed by atoms with E-state index < -0.39 is 9.84 Å². The van der Waals surface area contributed by atoms with Crippen molar-refractivity contribution in [1.82, 2.24) is 5.32 Å². The van der Waals surface area contributed by atoms with Crippen LogP contribution in [0, 0.1) is 6.92 Å². The number of nitrogens with one attached hydrogen (secondary N) is 1. The molecule has 0 unspecified atom stereocenters. The van der Waals surface area contributed by atoms with Gasteiger partial charge in [-0.3, -0.25) is 4.79 Å². The second-order valence-electron chi connectivity index (χ2n) is 7.25. The van der Waals surface area contributed by atoms with Gasteiger partial charge in [-0.2, -0.15) is 0 Å². The first kappa shape index (κ1) is 20.2. The molecule has 1 amide bonds. The molecule has 0 atom stereocenters. The summed E-state index contributed by atoms with van der Waals surface area (Å²) in [5.41, 5.74) is 2.24. The Morgan fingerprint density at radius 3 is 2.42 bits per heavy atom. The third kappa shape index (κ3) is 4.73. The lowest BCUT2D eigenvalue weighted by molar-refractivity contribution is 0.0942. The molecule has 0 heterocycles. The van der Waals surface area contributed by atoms with Crippen molar-refractivity contribution >= 4 is 15.7 Å². The average molecular weight is 374 g/mol. The Hall–Kier alpha value is -2.14. The fourth-order valence-electron chi connectivity index (χ4n) is 2.87. The SMILES string of the molecule is CCCS(=O)(=O)c1ccccc1C(=O)NCC(C)(C)c1cccc(C)c1. The smallest absolute Gasteiger partial charge is 0.252 e. The highest BCUT2D eigenvalue weighted by atomic mass is 32.2. The summed E-state index contributed by atoms with van der Waals surface area (Å²) in [7, 11) is -3.46. The van der Waals surface area contributed by atoms with Crippen LogP contribution < -0.4 is 5.32 Å². The number of benzene rings is 2. The van der Waals surface area contributed by atoms with E-state index in [0.29, 0.717) is 13.0 Å². The molecule has 0 aliphatic carbocycles. The maximum atomic E-state index is 12.7. The van der Waals surface area contributed by atoms with E-state index in [1.165, 1.54) is 6.07 Å². The van der Waals surface area contributed by atoms with Crippen LogP contribution in [0.5, 0.6) is 0 Å². The summed E-state index contributed by atoms with van der Waals surface area (Å²) in [4.78, 5) is 12.8. The molecule has 0 aliphatic rings. The van der Waals surface area contributed by atoms with Gasteiger partial charge in [0.05, 0.1) is 16.2 Å². The van der Waals surface area contributed by atoms with Gasteiger partial charge in [-0.1, -0.05) is 62.7 Å². The molecule has 0 spiro atoms. The van der Waals surface area contributed by atoms with Crippen LogP contribution in [0.4, 0.5) is 0 Å². The number of hydrogen-bond acceptors (Lipinski definition) is 3. The molecule has 2 rings (SSSR count). The van der Waals surface area contributed by atoms with Crippen LogP contribution in [-0.4, -0.2) is 26.6 Å². The van der Waals surface area contributed by atoms with Crippen LogP contribution in [0.25, 0.3) is 0 Å². The molecule has 140 valence electrons. The van der Waals surface area contributed by atoms with Crippen molar-refractivity contribution in [2.75, 3.05) is 12.3 Å². The molecule has 0 bridgehead atoms. The fraction of sp³-hybridized carbons (Fsp3) is 0.381. The van der Waals surface area contributed by atoms with Gasteiger partial charge in [-0.05, 0) is 31.0 Å². The van der Waals surface area contributed by atoms with Crippen LogP contribution in [0.2, 0.25) is 0 Å². The Balaban J connectivity index is 2.21. The van der Waals surface area contributed by atoms with Crippen LogP contribution in [0.3, 0.4) is 0 Å². The summed E-state index contributed by atoms with van der Waals surface area (Å²) in [5.74, 6) is -0.326. The topological polar surface area (TPSA) is 63.2 Å². The Labute approximate surface area is 156 Å². The van der Waals surface area contributed by atoms with E-state index in [0.717, 1.165) is 11.1 Å². The van der Waals surface area contributed by atoms with Crippen molar-refractivity contribution in [3.05, 3.63) is 65.2 Å². The van der Waals surface area contributed by atoms with E-state index in [4.69, 9.17) is 0 Å². The molecule has 0 fully saturated rings. The second-order valence-corrected chi connectivity index (χ2v) is 9.33. The number of amides is 1. The quantitative estimate of drug-likeness (QED) is 0.801. The second kappa shape index (κ2) is 8.04. The summed E-state index contributed by atoms with van der Waals surface area (Å²) in [6.45, 7) is 8.37. The molecule has 2 aromatic rings. The normalized spacial score (nSPS) is 12.0. The zero-order valence-electron chi connectivity index (χ0n) is 15.9. The van der Waals surface area contributed by atoms with Crippen molar-refractivity contribution in [3.8, 4) is 0 Å². The first-order valence-electron chi connectivity index (χ1n) is 8.84. The first-order chi connectivity index (χ1) is 12.2. The van der Waals surface area contributed by atoms with E-state index >= 15 is 0 Å². The Kier molecular flexibility index (Phi) is 6.24. The summed E-state index contributed by atoms with van der Waals surface area (Å²) >= 11 is 0. The van der Waals surface area contributed by atoms with Crippen molar-refractivity contribution in [1.29, 1.82) is 0 Å². The summed E-state index contributed by atoms with van der Waals surface area (Å²) in [6.07, 6.45) is 0.513. The highest BCUT2D eigenvalue weighted by Crippen LogP contribution is 2.24. The first-order valence-corrected chi connectivity index (χ1v) is 10.5. The zero-order valence-corrected chi connectivity index (χ0v) is 16.7. The van der Waals surface area contributed by atoms with Crippen LogP contribution in [-0.2, 0) is 15.3 Å². The van der Waals surface area contributed by atoms with E-state index in [-0.39, 0.29) is 27.5 Å². The minimum atomic E-state index is -3.46. The predicted octanol–water partition coefficient (Wildman–Crippen LogP) is 3.89. The van der Waals surface area contributed by atoms with Gasteiger partial charge in [-0.25, -0.2) is 8.42 Å². The predicted molar refractivity (Wildman–Crippen MR) is 105 cm³/mol. The standard InChI is InChI=1S/C21H27NO3S/c1-5-13-26(24,25)19-12-7-6-11-18(19)20(23)22-15-21(3,4)17-10-8-9-16(2)14-17/h6-12,14H,5,13,15H2,1-4H3,(H,22,23). The van der Waals surface area contributed by atoms with E-state index in [1.54, 1.807) is 18.2 Å². The molecule has 0 saturated carbocycles. The number of hydrogen-bond donors (Lipinski definition) is 1. The number of carbonyl (C=O) groups excluding carboxylic acids is 1. The fourth-order valence-corrected chi connectivity index (χ4v) is 4.41. The van der Waals surface area contributed by atoms with Crippen LogP contribution >= 0.6 is 0 Å². The van der Waals surface area contributed by atoms with Crippen LogP contribution in [0.15, 0.2) is 53.4 Å². The molecule has 4 nitrogen and oxygen atoms in total. The van der Waals surface area contributed by atoms with Gasteiger partial charge in [0.2, 0.25) is 0 Å². The maximum absolute atomic E-state index is 12.7. The van der Waals surface area contributed by atoms with Crippen molar-refractivity contribution in [2.45, 2.75) is 44.4 Å². The molecule has 5 heteroatoms. The number of rotatable bonds is 7. The molecular formula is C21H27NO3S. The summed E-state index contributed by atoms with van der Waals surface area (Å²) in [6, 6.07) is 14.6.